The molecule has 2 aliphatic rings. The van der Waals surface area contributed by atoms with Crippen molar-refractivity contribution < 1.29 is 17.1 Å². The van der Waals surface area contributed by atoms with Crippen molar-refractivity contribution in [3.8, 4) is 45.6 Å². The fraction of sp³-hybridized carbons (Fsp3) is 0.111. The Balaban J connectivity index is 0.00000300. The molecule has 3 aromatic heterocycles. The van der Waals surface area contributed by atoms with Crippen LogP contribution >= 0.6 is 0 Å². The fourth-order valence-corrected chi connectivity index (χ4v) is 6.37. The minimum Gasteiger partial charge on any atom is -0.324 e. The van der Waals surface area contributed by atoms with Gasteiger partial charge in [0.15, 0.2) is 23.3 Å². The molecule has 0 saturated heterocycles. The van der Waals surface area contributed by atoms with Crippen molar-refractivity contribution >= 4 is 44.1 Å². The number of fused-ring (bicyclic) bond motifs is 20. The predicted molar refractivity (Wildman–Crippen MR) is 175 cm³/mol. The average molecular weight is 634 g/mol. The van der Waals surface area contributed by atoms with Crippen LogP contribution in [0.3, 0.4) is 0 Å². The van der Waals surface area contributed by atoms with Gasteiger partial charge in [-0.05, 0) is 17.9 Å². The third-order valence-corrected chi connectivity index (χ3v) is 8.29. The molecule has 7 aromatic rings. The molecule has 8 bridgehead atoms. The SMILES string of the molecule is CC(C)Cc1cccc2c3nc4nc(nc5[nH]c(nc6nc(nc([nH]3)c12)-c1ccccc1-6)c1ccccc51)-c1ccccc1-4.[Cu]. The van der Waals surface area contributed by atoms with Crippen LogP contribution in [0.25, 0.3) is 89.7 Å². The molecule has 0 spiro atoms. The molecule has 2 aliphatic heterocycles. The van der Waals surface area contributed by atoms with E-state index in [0.717, 1.165) is 55.9 Å². The summed E-state index contributed by atoms with van der Waals surface area (Å²) in [5.41, 5.74) is 7.77. The van der Waals surface area contributed by atoms with Crippen LogP contribution < -0.4 is 0 Å². The molecule has 9 heteroatoms. The fourth-order valence-electron chi connectivity index (χ4n) is 6.37. The summed E-state index contributed by atoms with van der Waals surface area (Å²) in [6, 6.07) is 30.7. The molecular formula is C36H26CuN8. The zero-order valence-corrected chi connectivity index (χ0v) is 25.4. The van der Waals surface area contributed by atoms with Crippen LogP contribution in [0.5, 0.6) is 0 Å². The van der Waals surface area contributed by atoms with Crippen molar-refractivity contribution in [2.45, 2.75) is 20.3 Å². The Hall–Kier alpha value is -5.24. The van der Waals surface area contributed by atoms with Crippen LogP contribution in [0.1, 0.15) is 19.4 Å². The third kappa shape index (κ3) is 4.35. The molecule has 0 atom stereocenters. The Morgan fingerprint density at radius 2 is 0.867 bits per heavy atom. The van der Waals surface area contributed by atoms with Gasteiger partial charge in [0.25, 0.3) is 0 Å². The smallest absolute Gasteiger partial charge is 0.164 e. The van der Waals surface area contributed by atoms with Crippen LogP contribution in [-0.2, 0) is 23.5 Å². The summed E-state index contributed by atoms with van der Waals surface area (Å²) in [4.78, 5) is 37.5. The van der Waals surface area contributed by atoms with Gasteiger partial charge in [-0.1, -0.05) is 105 Å². The predicted octanol–water partition coefficient (Wildman–Crippen LogP) is 8.07. The molecule has 1 radical (unpaired) electrons. The van der Waals surface area contributed by atoms with Gasteiger partial charge in [-0.3, -0.25) is 0 Å². The van der Waals surface area contributed by atoms with Gasteiger partial charge < -0.3 is 9.97 Å². The Bertz CT molecular complexity index is 2470. The first kappa shape index (κ1) is 27.3. The van der Waals surface area contributed by atoms with Crippen LogP contribution in [0.15, 0.2) is 91.0 Å². The van der Waals surface area contributed by atoms with Gasteiger partial charge >= 0.3 is 0 Å². The van der Waals surface area contributed by atoms with E-state index in [2.05, 4.69) is 48.1 Å². The first-order chi connectivity index (χ1) is 21.6. The van der Waals surface area contributed by atoms with Crippen LogP contribution in [0.4, 0.5) is 0 Å². The summed E-state index contributed by atoms with van der Waals surface area (Å²) in [5, 5.41) is 3.96. The molecule has 2 N–H and O–H groups in total. The molecular weight excluding hydrogens is 608 g/mol. The van der Waals surface area contributed by atoms with Gasteiger partial charge in [0.1, 0.15) is 22.6 Å². The van der Waals surface area contributed by atoms with E-state index in [0.29, 0.717) is 46.2 Å². The minimum atomic E-state index is 0. The van der Waals surface area contributed by atoms with Crippen molar-refractivity contribution in [1.82, 2.24) is 39.9 Å². The summed E-state index contributed by atoms with van der Waals surface area (Å²) in [6.07, 6.45) is 0.912. The topological polar surface area (TPSA) is 109 Å². The second-order valence-electron chi connectivity index (χ2n) is 11.7. The van der Waals surface area contributed by atoms with E-state index in [1.54, 1.807) is 0 Å². The summed E-state index contributed by atoms with van der Waals surface area (Å²) >= 11 is 0. The second-order valence-corrected chi connectivity index (χ2v) is 11.7. The Kier molecular flexibility index (Phi) is 6.34. The average Bonchev–Trinajstić information content (AvgIpc) is 3.77. The normalized spacial score (nSPS) is 11.9. The van der Waals surface area contributed by atoms with E-state index in [-0.39, 0.29) is 17.1 Å². The zero-order chi connectivity index (χ0) is 29.4. The van der Waals surface area contributed by atoms with E-state index >= 15 is 0 Å². The number of hydrogen-bond donors (Lipinski definition) is 2. The Morgan fingerprint density at radius 3 is 1.36 bits per heavy atom. The maximum Gasteiger partial charge on any atom is 0.164 e. The van der Waals surface area contributed by atoms with Crippen LogP contribution in [0, 0.1) is 5.92 Å². The summed E-state index contributed by atoms with van der Waals surface area (Å²) in [7, 11) is 0. The van der Waals surface area contributed by atoms with Gasteiger partial charge in [-0.2, -0.15) is 0 Å². The molecule has 4 aromatic carbocycles. The minimum absolute atomic E-state index is 0. The number of hydrogen-bond acceptors (Lipinski definition) is 6. The first-order valence-corrected chi connectivity index (χ1v) is 14.8. The van der Waals surface area contributed by atoms with E-state index in [1.807, 2.05) is 66.7 Å². The number of H-pyrrole nitrogens is 2. The zero-order valence-electron chi connectivity index (χ0n) is 24.4. The van der Waals surface area contributed by atoms with E-state index in [1.165, 1.54) is 5.56 Å². The third-order valence-electron chi connectivity index (χ3n) is 8.29. The van der Waals surface area contributed by atoms with Crippen LogP contribution in [-0.4, -0.2) is 39.9 Å². The molecule has 221 valence electrons. The Labute approximate surface area is 268 Å². The molecule has 0 fully saturated rings. The van der Waals surface area contributed by atoms with E-state index in [4.69, 9.17) is 29.9 Å². The number of aromatic amines is 2. The van der Waals surface area contributed by atoms with Gasteiger partial charge in [0, 0.05) is 60.9 Å². The number of aromatic nitrogens is 8. The maximum atomic E-state index is 5.18. The van der Waals surface area contributed by atoms with Gasteiger partial charge in [-0.25, -0.2) is 29.9 Å². The standard InChI is InChI=1S/C36H26N8.Cu/c1-19(2)18-20-10-9-17-27-28(20)36-43-34-26-16-8-7-15-25(26)32(41-34)39-30-22-12-4-3-11-21(22)29(37-30)38-31-23-13-5-6-14-24(23)33(40-31)42-35(27)44-36;/h3-17,19H,18H2,1-2H3,(H2,37,38,39,40,41,42,43,44);. The van der Waals surface area contributed by atoms with Crippen molar-refractivity contribution in [3.63, 3.8) is 0 Å². The summed E-state index contributed by atoms with van der Waals surface area (Å²) in [6.45, 7) is 4.46. The van der Waals surface area contributed by atoms with Crippen molar-refractivity contribution in [1.29, 1.82) is 0 Å². The monoisotopic (exact) mass is 633 g/mol. The van der Waals surface area contributed by atoms with Gasteiger partial charge in [0.05, 0.1) is 0 Å². The molecule has 0 aliphatic carbocycles. The van der Waals surface area contributed by atoms with Crippen LogP contribution in [0.2, 0.25) is 0 Å². The molecule has 0 unspecified atom stereocenters. The summed E-state index contributed by atoms with van der Waals surface area (Å²) in [5.74, 6) is 2.90. The number of nitrogens with one attached hydrogen (secondary N) is 2. The number of nitrogens with zero attached hydrogens (tertiary/aromatic N) is 6. The van der Waals surface area contributed by atoms with Gasteiger partial charge in [0.2, 0.25) is 0 Å². The summed E-state index contributed by atoms with van der Waals surface area (Å²) < 4.78 is 0. The molecule has 5 heterocycles. The quantitative estimate of drug-likeness (QED) is 0.186. The number of rotatable bonds is 2. The van der Waals surface area contributed by atoms with Crippen molar-refractivity contribution in [2.75, 3.05) is 0 Å². The molecule has 0 amide bonds. The van der Waals surface area contributed by atoms with Crippen molar-refractivity contribution in [2.24, 2.45) is 5.92 Å². The number of benzene rings is 4. The largest absolute Gasteiger partial charge is 0.324 e. The van der Waals surface area contributed by atoms with E-state index in [9.17, 15) is 0 Å². The molecule has 0 saturated carbocycles. The molecule has 9 rings (SSSR count). The maximum absolute atomic E-state index is 5.18. The van der Waals surface area contributed by atoms with Crippen molar-refractivity contribution in [3.05, 3.63) is 96.6 Å². The van der Waals surface area contributed by atoms with Gasteiger partial charge in [-0.15, -0.1) is 0 Å². The molecule has 8 nitrogen and oxygen atoms in total. The second kappa shape index (κ2) is 10.4. The first-order valence-electron chi connectivity index (χ1n) is 14.8. The molecule has 45 heavy (non-hydrogen) atoms. The van der Waals surface area contributed by atoms with E-state index < -0.39 is 0 Å². The Morgan fingerprint density at radius 1 is 0.467 bits per heavy atom.